The van der Waals surface area contributed by atoms with Crippen molar-refractivity contribution in [3.63, 3.8) is 0 Å². The lowest BCUT2D eigenvalue weighted by molar-refractivity contribution is -0.121. The van der Waals surface area contributed by atoms with Gasteiger partial charge in [-0.25, -0.2) is 4.98 Å². The molecule has 1 aromatic carbocycles. The lowest BCUT2D eigenvalue weighted by atomic mass is 10.1. The van der Waals surface area contributed by atoms with E-state index in [1.54, 1.807) is 30.2 Å². The summed E-state index contributed by atoms with van der Waals surface area (Å²) in [7, 11) is 1.69. The Morgan fingerprint density at radius 1 is 1.39 bits per heavy atom. The van der Waals surface area contributed by atoms with Gasteiger partial charge in [0, 0.05) is 36.5 Å². The number of amides is 1. The maximum Gasteiger partial charge on any atom is 0.225 e. The van der Waals surface area contributed by atoms with Crippen molar-refractivity contribution in [3.05, 3.63) is 30.0 Å². The van der Waals surface area contributed by atoms with Crippen LogP contribution in [0, 0.1) is 5.92 Å². The molecule has 0 radical (unpaired) electrons. The number of nitrogen functional groups attached to an aromatic ring is 1. The average molecular weight is 379 g/mol. The Balaban J connectivity index is 1.62. The van der Waals surface area contributed by atoms with Gasteiger partial charge in [0.25, 0.3) is 0 Å². The molecule has 2 aromatic heterocycles. The first kappa shape index (κ1) is 17.8. The zero-order chi connectivity index (χ0) is 19.7. The second kappa shape index (κ2) is 7.22. The van der Waals surface area contributed by atoms with Gasteiger partial charge in [-0.15, -0.1) is 5.10 Å². The quantitative estimate of drug-likeness (QED) is 0.440. The van der Waals surface area contributed by atoms with Crippen molar-refractivity contribution in [2.45, 2.75) is 25.3 Å². The Kier molecular flexibility index (Phi) is 4.60. The second-order valence-corrected chi connectivity index (χ2v) is 6.86. The fourth-order valence-corrected chi connectivity index (χ4v) is 3.48. The van der Waals surface area contributed by atoms with Crippen LogP contribution in [-0.4, -0.2) is 50.2 Å². The summed E-state index contributed by atoms with van der Waals surface area (Å²) in [5, 5.41) is 11.6. The summed E-state index contributed by atoms with van der Waals surface area (Å²) in [5.41, 5.74) is 14.8. The molecular weight excluding hydrogens is 358 g/mol. The SMILES string of the molecule is CN=Cc1ccc(-n2nnc3cnc(N[C@@H]4CC[C@@H](C(N)=O)C4)nc32)cc1N. The Labute approximate surface area is 161 Å². The highest BCUT2D eigenvalue weighted by Gasteiger charge is 2.28. The number of aliphatic imine (C=N–C) groups is 1. The molecule has 1 aliphatic carbocycles. The molecule has 144 valence electrons. The van der Waals surface area contributed by atoms with Crippen molar-refractivity contribution in [2.75, 3.05) is 18.1 Å². The summed E-state index contributed by atoms with van der Waals surface area (Å²) in [6.07, 6.45) is 5.63. The largest absolute Gasteiger partial charge is 0.398 e. The van der Waals surface area contributed by atoms with Gasteiger partial charge in [0.1, 0.15) is 0 Å². The van der Waals surface area contributed by atoms with E-state index in [0.29, 0.717) is 29.2 Å². The second-order valence-electron chi connectivity index (χ2n) is 6.86. The summed E-state index contributed by atoms with van der Waals surface area (Å²) < 4.78 is 1.62. The number of hydrogen-bond donors (Lipinski definition) is 3. The van der Waals surface area contributed by atoms with Crippen LogP contribution in [0.5, 0.6) is 0 Å². The van der Waals surface area contributed by atoms with Crippen LogP contribution in [-0.2, 0) is 4.79 Å². The van der Waals surface area contributed by atoms with Gasteiger partial charge in [0.15, 0.2) is 11.2 Å². The standard InChI is InChI=1S/C18H21N9O/c1-21-8-11-3-5-13(7-14(11)19)27-17-15(25-26-27)9-22-18(24-17)23-12-4-2-10(6-12)16(20)28/h3,5,7-10,12H,2,4,6,19H2,1H3,(H2,20,28)(H,22,23,24)/t10-,12-/m1/s1. The van der Waals surface area contributed by atoms with Gasteiger partial charge in [-0.1, -0.05) is 5.21 Å². The zero-order valence-corrected chi connectivity index (χ0v) is 15.4. The number of anilines is 2. The molecule has 0 bridgehead atoms. The van der Waals surface area contributed by atoms with Crippen LogP contribution in [0.4, 0.5) is 11.6 Å². The van der Waals surface area contributed by atoms with E-state index in [-0.39, 0.29) is 17.9 Å². The normalized spacial score (nSPS) is 19.5. The van der Waals surface area contributed by atoms with Crippen LogP contribution in [0.15, 0.2) is 29.4 Å². The molecule has 5 N–H and O–H groups in total. The van der Waals surface area contributed by atoms with Crippen molar-refractivity contribution in [1.82, 2.24) is 25.0 Å². The number of carbonyl (C=O) groups is 1. The van der Waals surface area contributed by atoms with E-state index >= 15 is 0 Å². The summed E-state index contributed by atoms with van der Waals surface area (Å²) >= 11 is 0. The van der Waals surface area contributed by atoms with Gasteiger partial charge in [-0.2, -0.15) is 9.67 Å². The van der Waals surface area contributed by atoms with Crippen LogP contribution < -0.4 is 16.8 Å². The number of benzene rings is 1. The van der Waals surface area contributed by atoms with Crippen LogP contribution in [0.25, 0.3) is 16.9 Å². The predicted molar refractivity (Wildman–Crippen MR) is 106 cm³/mol. The average Bonchev–Trinajstić information content (AvgIpc) is 3.30. The molecule has 2 atom stereocenters. The van der Waals surface area contributed by atoms with E-state index in [9.17, 15) is 4.79 Å². The van der Waals surface area contributed by atoms with E-state index in [2.05, 4.69) is 30.6 Å². The summed E-state index contributed by atoms with van der Waals surface area (Å²) in [6.45, 7) is 0. The highest BCUT2D eigenvalue weighted by molar-refractivity contribution is 5.87. The zero-order valence-electron chi connectivity index (χ0n) is 15.4. The van der Waals surface area contributed by atoms with Crippen molar-refractivity contribution in [2.24, 2.45) is 16.6 Å². The third kappa shape index (κ3) is 3.36. The summed E-state index contributed by atoms with van der Waals surface area (Å²) in [6, 6.07) is 5.66. The Hall–Kier alpha value is -3.56. The van der Waals surface area contributed by atoms with E-state index < -0.39 is 0 Å². The summed E-state index contributed by atoms with van der Waals surface area (Å²) in [4.78, 5) is 24.2. The number of aromatic nitrogens is 5. The molecule has 0 unspecified atom stereocenters. The van der Waals surface area contributed by atoms with Crippen molar-refractivity contribution in [3.8, 4) is 5.69 Å². The van der Waals surface area contributed by atoms with Gasteiger partial charge in [0.2, 0.25) is 11.9 Å². The number of nitrogens with one attached hydrogen (secondary N) is 1. The first-order valence-electron chi connectivity index (χ1n) is 9.01. The van der Waals surface area contributed by atoms with Gasteiger partial charge < -0.3 is 16.8 Å². The van der Waals surface area contributed by atoms with Crippen molar-refractivity contribution < 1.29 is 4.79 Å². The molecule has 3 aromatic rings. The monoisotopic (exact) mass is 379 g/mol. The smallest absolute Gasteiger partial charge is 0.225 e. The number of hydrogen-bond acceptors (Lipinski definition) is 8. The molecule has 2 heterocycles. The fourth-order valence-electron chi connectivity index (χ4n) is 3.48. The number of nitrogens with zero attached hydrogens (tertiary/aromatic N) is 6. The molecule has 0 saturated heterocycles. The lowest BCUT2D eigenvalue weighted by Gasteiger charge is -2.12. The molecule has 0 spiro atoms. The van der Waals surface area contributed by atoms with E-state index in [1.165, 1.54) is 0 Å². The van der Waals surface area contributed by atoms with Crippen LogP contribution in [0.3, 0.4) is 0 Å². The minimum Gasteiger partial charge on any atom is -0.398 e. The Bertz CT molecular complexity index is 1060. The molecule has 10 nitrogen and oxygen atoms in total. The third-order valence-corrected chi connectivity index (χ3v) is 4.94. The maximum absolute atomic E-state index is 11.4. The summed E-state index contributed by atoms with van der Waals surface area (Å²) in [5.74, 6) is 0.118. The first-order valence-corrected chi connectivity index (χ1v) is 9.01. The van der Waals surface area contributed by atoms with Crippen molar-refractivity contribution in [1.29, 1.82) is 0 Å². The van der Waals surface area contributed by atoms with Crippen LogP contribution in [0.1, 0.15) is 24.8 Å². The number of primary amides is 1. The van der Waals surface area contributed by atoms with Gasteiger partial charge in [-0.05, 0) is 37.5 Å². The number of fused-ring (bicyclic) bond motifs is 1. The highest BCUT2D eigenvalue weighted by Crippen LogP contribution is 2.27. The molecule has 10 heteroatoms. The maximum atomic E-state index is 11.4. The highest BCUT2D eigenvalue weighted by atomic mass is 16.1. The van der Waals surface area contributed by atoms with E-state index in [0.717, 1.165) is 24.1 Å². The third-order valence-electron chi connectivity index (χ3n) is 4.94. The topological polar surface area (TPSA) is 150 Å². The molecule has 1 amide bonds. The van der Waals surface area contributed by atoms with Crippen LogP contribution in [0.2, 0.25) is 0 Å². The minimum absolute atomic E-state index is 0.0958. The number of carbonyl (C=O) groups excluding carboxylic acids is 1. The molecule has 1 fully saturated rings. The number of nitrogens with two attached hydrogens (primary N) is 2. The van der Waals surface area contributed by atoms with Gasteiger partial charge in [0.05, 0.1) is 11.9 Å². The number of rotatable bonds is 5. The van der Waals surface area contributed by atoms with Gasteiger partial charge in [-0.3, -0.25) is 9.79 Å². The van der Waals surface area contributed by atoms with Crippen LogP contribution >= 0.6 is 0 Å². The molecule has 1 saturated carbocycles. The molecule has 1 aliphatic rings. The lowest BCUT2D eigenvalue weighted by Crippen LogP contribution is -2.23. The molecule has 0 aliphatic heterocycles. The molecular formula is C18H21N9O. The fraction of sp³-hybridized carbons (Fsp3) is 0.333. The Morgan fingerprint density at radius 3 is 2.96 bits per heavy atom. The molecule has 4 rings (SSSR count). The van der Waals surface area contributed by atoms with E-state index in [4.69, 9.17) is 11.5 Å². The minimum atomic E-state index is -0.253. The first-order chi connectivity index (χ1) is 13.5. The predicted octanol–water partition coefficient (Wildman–Crippen LogP) is 0.907. The van der Waals surface area contributed by atoms with Gasteiger partial charge >= 0.3 is 0 Å². The van der Waals surface area contributed by atoms with Crippen molar-refractivity contribution >= 4 is 34.9 Å². The Morgan fingerprint density at radius 2 is 2.25 bits per heavy atom. The van der Waals surface area contributed by atoms with E-state index in [1.807, 2.05) is 12.1 Å². The molecule has 28 heavy (non-hydrogen) atoms.